The van der Waals surface area contributed by atoms with E-state index in [1.807, 2.05) is 36.4 Å². The number of aromatic nitrogens is 2. The van der Waals surface area contributed by atoms with E-state index >= 15 is 0 Å². The Hall–Kier alpha value is -2.33. The van der Waals surface area contributed by atoms with Gasteiger partial charge in [0.05, 0.1) is 24.2 Å². The summed E-state index contributed by atoms with van der Waals surface area (Å²) in [5, 5.41) is 3.71. The molecular formula is C20H25N3O. The van der Waals surface area contributed by atoms with Crippen molar-refractivity contribution >= 4 is 11.0 Å². The molecule has 0 fully saturated rings. The van der Waals surface area contributed by atoms with E-state index in [2.05, 4.69) is 43.2 Å². The molecule has 3 rings (SSSR count). The summed E-state index contributed by atoms with van der Waals surface area (Å²) in [5.74, 6) is 2.29. The van der Waals surface area contributed by atoms with Gasteiger partial charge in [-0.25, -0.2) is 4.98 Å². The molecule has 0 aliphatic heterocycles. The predicted molar refractivity (Wildman–Crippen MR) is 98.2 cm³/mol. The van der Waals surface area contributed by atoms with Crippen molar-refractivity contribution in [3.8, 4) is 5.75 Å². The Labute approximate surface area is 143 Å². The molecule has 24 heavy (non-hydrogen) atoms. The van der Waals surface area contributed by atoms with Crippen molar-refractivity contribution in [3.05, 3.63) is 59.9 Å². The molecule has 0 bridgehead atoms. The Balaban J connectivity index is 1.88. The summed E-state index contributed by atoms with van der Waals surface area (Å²) < 4.78 is 5.50. The van der Waals surface area contributed by atoms with Gasteiger partial charge in [0, 0.05) is 11.6 Å². The second-order valence-corrected chi connectivity index (χ2v) is 6.49. The predicted octanol–water partition coefficient (Wildman–Crippen LogP) is 4.62. The minimum absolute atomic E-state index is 0.136. The fourth-order valence-electron chi connectivity index (χ4n) is 3.09. The molecule has 0 spiro atoms. The lowest BCUT2D eigenvalue weighted by Gasteiger charge is -2.26. The first kappa shape index (κ1) is 16.5. The highest BCUT2D eigenvalue weighted by atomic mass is 16.5. The van der Waals surface area contributed by atoms with Crippen LogP contribution in [0.1, 0.15) is 44.2 Å². The summed E-state index contributed by atoms with van der Waals surface area (Å²) >= 11 is 0. The Morgan fingerprint density at radius 3 is 2.42 bits per heavy atom. The van der Waals surface area contributed by atoms with E-state index in [4.69, 9.17) is 9.72 Å². The van der Waals surface area contributed by atoms with Gasteiger partial charge in [0.25, 0.3) is 0 Å². The molecule has 4 heteroatoms. The lowest BCUT2D eigenvalue weighted by atomic mass is 10.00. The van der Waals surface area contributed by atoms with Crippen molar-refractivity contribution in [1.29, 1.82) is 0 Å². The van der Waals surface area contributed by atoms with Crippen molar-refractivity contribution < 1.29 is 4.74 Å². The molecule has 2 unspecified atom stereocenters. The summed E-state index contributed by atoms with van der Waals surface area (Å²) in [4.78, 5) is 8.23. The maximum atomic E-state index is 5.50. The molecule has 0 saturated heterocycles. The monoisotopic (exact) mass is 323 g/mol. The molecule has 126 valence electrons. The van der Waals surface area contributed by atoms with E-state index in [1.165, 1.54) is 0 Å². The van der Waals surface area contributed by atoms with Gasteiger partial charge in [-0.3, -0.25) is 0 Å². The van der Waals surface area contributed by atoms with Crippen LogP contribution in [0.25, 0.3) is 11.0 Å². The number of para-hydroxylation sites is 3. The Bertz CT molecular complexity index is 776. The number of hydrogen-bond donors (Lipinski definition) is 2. The van der Waals surface area contributed by atoms with Gasteiger partial charge in [0.2, 0.25) is 0 Å². The molecule has 1 aromatic heterocycles. The number of benzene rings is 2. The van der Waals surface area contributed by atoms with Gasteiger partial charge in [-0.15, -0.1) is 0 Å². The van der Waals surface area contributed by atoms with Crippen LogP contribution in [0, 0.1) is 5.92 Å². The average Bonchev–Trinajstić information content (AvgIpc) is 3.02. The smallest absolute Gasteiger partial charge is 0.124 e. The minimum Gasteiger partial charge on any atom is -0.496 e. The van der Waals surface area contributed by atoms with Gasteiger partial charge in [-0.05, 0) is 31.0 Å². The van der Waals surface area contributed by atoms with Crippen molar-refractivity contribution in [1.82, 2.24) is 15.3 Å². The van der Waals surface area contributed by atoms with Crippen LogP contribution in [-0.2, 0) is 0 Å². The van der Waals surface area contributed by atoms with Gasteiger partial charge in [0.15, 0.2) is 0 Å². The molecular weight excluding hydrogens is 298 g/mol. The zero-order valence-electron chi connectivity index (χ0n) is 14.7. The quantitative estimate of drug-likeness (QED) is 0.696. The molecule has 0 radical (unpaired) electrons. The van der Waals surface area contributed by atoms with Crippen LogP contribution >= 0.6 is 0 Å². The summed E-state index contributed by atoms with van der Waals surface area (Å²) in [6, 6.07) is 16.6. The summed E-state index contributed by atoms with van der Waals surface area (Å²) in [7, 11) is 1.71. The third-order valence-electron chi connectivity index (χ3n) is 4.40. The summed E-state index contributed by atoms with van der Waals surface area (Å²) in [6.07, 6.45) is 0. The van der Waals surface area contributed by atoms with Crippen molar-refractivity contribution in [3.63, 3.8) is 0 Å². The number of hydrogen-bond acceptors (Lipinski definition) is 3. The standard InChI is InChI=1S/C20H25N3O/c1-13(2)19(20-22-16-10-6-7-11-17(16)23-20)21-14(3)15-9-5-8-12-18(15)24-4/h5-14,19,21H,1-4H3,(H,22,23). The molecule has 0 aliphatic rings. The molecule has 4 nitrogen and oxygen atoms in total. The number of nitrogens with one attached hydrogen (secondary N) is 2. The maximum Gasteiger partial charge on any atom is 0.124 e. The van der Waals surface area contributed by atoms with Crippen LogP contribution in [-0.4, -0.2) is 17.1 Å². The van der Waals surface area contributed by atoms with Gasteiger partial charge in [0.1, 0.15) is 11.6 Å². The fraction of sp³-hybridized carbons (Fsp3) is 0.350. The number of nitrogens with zero attached hydrogens (tertiary/aromatic N) is 1. The Kier molecular flexibility index (Phi) is 4.86. The molecule has 2 N–H and O–H groups in total. The molecule has 2 aromatic carbocycles. The highest BCUT2D eigenvalue weighted by Crippen LogP contribution is 2.29. The van der Waals surface area contributed by atoms with Gasteiger partial charge in [-0.1, -0.05) is 44.2 Å². The van der Waals surface area contributed by atoms with Crippen molar-refractivity contribution in [2.75, 3.05) is 7.11 Å². The van der Waals surface area contributed by atoms with Gasteiger partial charge >= 0.3 is 0 Å². The highest BCUT2D eigenvalue weighted by Gasteiger charge is 2.23. The van der Waals surface area contributed by atoms with Crippen LogP contribution in [0.3, 0.4) is 0 Å². The largest absolute Gasteiger partial charge is 0.496 e. The third kappa shape index (κ3) is 3.29. The molecule has 2 atom stereocenters. The van der Waals surface area contributed by atoms with E-state index < -0.39 is 0 Å². The van der Waals surface area contributed by atoms with Gasteiger partial charge < -0.3 is 15.0 Å². The van der Waals surface area contributed by atoms with Gasteiger partial charge in [-0.2, -0.15) is 0 Å². The zero-order chi connectivity index (χ0) is 17.1. The van der Waals surface area contributed by atoms with Crippen molar-refractivity contribution in [2.45, 2.75) is 32.9 Å². The number of imidazole rings is 1. The Morgan fingerprint density at radius 2 is 1.71 bits per heavy atom. The minimum atomic E-state index is 0.136. The molecule has 1 heterocycles. The third-order valence-corrected chi connectivity index (χ3v) is 4.40. The number of aromatic amines is 1. The molecule has 0 amide bonds. The van der Waals surface area contributed by atoms with Crippen LogP contribution in [0.5, 0.6) is 5.75 Å². The number of rotatable bonds is 6. The number of methoxy groups -OCH3 is 1. The van der Waals surface area contributed by atoms with E-state index in [-0.39, 0.29) is 12.1 Å². The van der Waals surface area contributed by atoms with Crippen LogP contribution in [0.4, 0.5) is 0 Å². The first-order chi connectivity index (χ1) is 11.6. The second-order valence-electron chi connectivity index (χ2n) is 6.49. The first-order valence-corrected chi connectivity index (χ1v) is 8.43. The van der Waals surface area contributed by atoms with Crippen LogP contribution in [0.15, 0.2) is 48.5 Å². The highest BCUT2D eigenvalue weighted by molar-refractivity contribution is 5.74. The summed E-state index contributed by atoms with van der Waals surface area (Å²) in [6.45, 7) is 6.58. The van der Waals surface area contributed by atoms with Crippen LogP contribution in [0.2, 0.25) is 0 Å². The second kappa shape index (κ2) is 7.05. The van der Waals surface area contributed by atoms with Crippen LogP contribution < -0.4 is 10.1 Å². The zero-order valence-corrected chi connectivity index (χ0v) is 14.7. The topological polar surface area (TPSA) is 49.9 Å². The summed E-state index contributed by atoms with van der Waals surface area (Å²) in [5.41, 5.74) is 3.23. The number of fused-ring (bicyclic) bond motifs is 1. The molecule has 0 aliphatic carbocycles. The average molecular weight is 323 g/mol. The first-order valence-electron chi connectivity index (χ1n) is 8.43. The lowest BCUT2D eigenvalue weighted by molar-refractivity contribution is 0.350. The number of H-pyrrole nitrogens is 1. The maximum absolute atomic E-state index is 5.50. The molecule has 0 saturated carbocycles. The lowest BCUT2D eigenvalue weighted by Crippen LogP contribution is -2.29. The van der Waals surface area contributed by atoms with E-state index in [0.717, 1.165) is 28.2 Å². The molecule has 3 aromatic rings. The normalized spacial score (nSPS) is 14.0. The van der Waals surface area contributed by atoms with E-state index in [1.54, 1.807) is 7.11 Å². The van der Waals surface area contributed by atoms with Crippen molar-refractivity contribution in [2.24, 2.45) is 5.92 Å². The van der Waals surface area contributed by atoms with E-state index in [0.29, 0.717) is 5.92 Å². The SMILES string of the molecule is COc1ccccc1C(C)NC(c1nc2ccccc2[nH]1)C(C)C. The fourth-order valence-corrected chi connectivity index (χ4v) is 3.09. The van der Waals surface area contributed by atoms with E-state index in [9.17, 15) is 0 Å². The number of ether oxygens (including phenoxy) is 1. The Morgan fingerprint density at radius 1 is 1.00 bits per heavy atom.